The summed E-state index contributed by atoms with van der Waals surface area (Å²) < 4.78 is 1.87. The smallest absolute Gasteiger partial charge is 0.234 e. The first kappa shape index (κ1) is 18.5. The highest BCUT2D eigenvalue weighted by molar-refractivity contribution is 7.99. The second kappa shape index (κ2) is 7.93. The van der Waals surface area contributed by atoms with Crippen molar-refractivity contribution in [2.24, 2.45) is 7.05 Å². The molecule has 0 aliphatic heterocycles. The molecule has 3 rings (SSSR count). The summed E-state index contributed by atoms with van der Waals surface area (Å²) in [6.45, 7) is 3.98. The fourth-order valence-corrected chi connectivity index (χ4v) is 3.31. The van der Waals surface area contributed by atoms with E-state index in [1.54, 1.807) is 0 Å². The summed E-state index contributed by atoms with van der Waals surface area (Å²) in [5.74, 6) is 0.929. The molecule has 1 amide bonds. The molecule has 1 heterocycles. The van der Waals surface area contributed by atoms with Crippen LogP contribution in [0.5, 0.6) is 0 Å². The number of aromatic nitrogens is 3. The van der Waals surface area contributed by atoms with Crippen molar-refractivity contribution in [3.63, 3.8) is 0 Å². The summed E-state index contributed by atoms with van der Waals surface area (Å²) in [5.41, 5.74) is 3.92. The van der Waals surface area contributed by atoms with Gasteiger partial charge in [0.15, 0.2) is 11.0 Å². The Bertz CT molecular complexity index is 937. The first-order valence-electron chi connectivity index (χ1n) is 8.09. The number of anilines is 1. The Labute approximate surface area is 161 Å². The molecule has 0 saturated heterocycles. The zero-order valence-corrected chi connectivity index (χ0v) is 16.4. The van der Waals surface area contributed by atoms with E-state index in [2.05, 4.69) is 15.5 Å². The van der Waals surface area contributed by atoms with Crippen LogP contribution in [0, 0.1) is 13.8 Å². The van der Waals surface area contributed by atoms with Crippen molar-refractivity contribution in [1.82, 2.24) is 14.8 Å². The number of aryl methyl sites for hydroxylation is 2. The molecule has 2 aromatic carbocycles. The van der Waals surface area contributed by atoms with Crippen LogP contribution < -0.4 is 5.32 Å². The van der Waals surface area contributed by atoms with Crippen molar-refractivity contribution >= 4 is 35.0 Å². The van der Waals surface area contributed by atoms with E-state index in [1.807, 2.05) is 67.9 Å². The van der Waals surface area contributed by atoms with Crippen LogP contribution in [0.4, 0.5) is 5.69 Å². The fraction of sp³-hybridized carbons (Fsp3) is 0.211. The van der Waals surface area contributed by atoms with Crippen molar-refractivity contribution in [3.8, 4) is 11.4 Å². The molecule has 0 bridgehead atoms. The van der Waals surface area contributed by atoms with Gasteiger partial charge in [-0.1, -0.05) is 35.5 Å². The number of nitrogens with one attached hydrogen (secondary N) is 1. The molecule has 0 radical (unpaired) electrons. The average molecular weight is 387 g/mol. The summed E-state index contributed by atoms with van der Waals surface area (Å²) in [5, 5.41) is 12.7. The predicted molar refractivity (Wildman–Crippen MR) is 107 cm³/mol. The number of amides is 1. The molecule has 0 aliphatic carbocycles. The van der Waals surface area contributed by atoms with E-state index in [9.17, 15) is 4.79 Å². The SMILES string of the molecule is Cc1ccc(C)c(NC(=O)CSc2nnc(-c3ccc(Cl)cc3)n2C)c1. The third-order valence-corrected chi connectivity index (χ3v) is 5.21. The molecule has 3 aromatic rings. The maximum absolute atomic E-state index is 12.3. The lowest BCUT2D eigenvalue weighted by atomic mass is 10.1. The lowest BCUT2D eigenvalue weighted by Gasteiger charge is -2.09. The quantitative estimate of drug-likeness (QED) is 0.656. The minimum Gasteiger partial charge on any atom is -0.325 e. The summed E-state index contributed by atoms with van der Waals surface area (Å²) in [6.07, 6.45) is 0. The number of nitrogens with zero attached hydrogens (tertiary/aromatic N) is 3. The molecule has 7 heteroatoms. The summed E-state index contributed by atoms with van der Waals surface area (Å²) in [4.78, 5) is 12.3. The number of hydrogen-bond donors (Lipinski definition) is 1. The van der Waals surface area contributed by atoms with E-state index in [0.29, 0.717) is 10.2 Å². The van der Waals surface area contributed by atoms with Crippen LogP contribution in [-0.4, -0.2) is 26.4 Å². The highest BCUT2D eigenvalue weighted by Crippen LogP contribution is 2.24. The van der Waals surface area contributed by atoms with Crippen LogP contribution in [0.3, 0.4) is 0 Å². The number of rotatable bonds is 5. The van der Waals surface area contributed by atoms with E-state index in [0.717, 1.165) is 28.2 Å². The molecular weight excluding hydrogens is 368 g/mol. The van der Waals surface area contributed by atoms with Gasteiger partial charge in [-0.05, 0) is 55.3 Å². The molecule has 0 spiro atoms. The molecule has 26 heavy (non-hydrogen) atoms. The van der Waals surface area contributed by atoms with Crippen LogP contribution in [0.1, 0.15) is 11.1 Å². The van der Waals surface area contributed by atoms with Crippen molar-refractivity contribution in [2.45, 2.75) is 19.0 Å². The van der Waals surface area contributed by atoms with E-state index in [4.69, 9.17) is 11.6 Å². The molecule has 0 saturated carbocycles. The number of benzene rings is 2. The maximum Gasteiger partial charge on any atom is 0.234 e. The largest absolute Gasteiger partial charge is 0.325 e. The van der Waals surface area contributed by atoms with Gasteiger partial charge in [-0.3, -0.25) is 4.79 Å². The minimum absolute atomic E-state index is 0.0697. The van der Waals surface area contributed by atoms with Crippen molar-refractivity contribution < 1.29 is 4.79 Å². The highest BCUT2D eigenvalue weighted by atomic mass is 35.5. The Hall–Kier alpha value is -2.31. The van der Waals surface area contributed by atoms with Gasteiger partial charge in [0.2, 0.25) is 5.91 Å². The molecule has 0 aliphatic rings. The average Bonchev–Trinajstić information content (AvgIpc) is 2.98. The number of carbonyl (C=O) groups excluding carboxylic acids is 1. The topological polar surface area (TPSA) is 59.8 Å². The summed E-state index contributed by atoms with van der Waals surface area (Å²) >= 11 is 7.28. The van der Waals surface area contributed by atoms with Crippen molar-refractivity contribution in [2.75, 3.05) is 11.1 Å². The third-order valence-electron chi connectivity index (χ3n) is 3.94. The Balaban J connectivity index is 1.65. The zero-order valence-electron chi connectivity index (χ0n) is 14.8. The second-order valence-corrected chi connectivity index (χ2v) is 7.41. The van der Waals surface area contributed by atoms with E-state index in [-0.39, 0.29) is 11.7 Å². The molecular formula is C19H19ClN4OS. The molecule has 0 atom stereocenters. The maximum atomic E-state index is 12.3. The molecule has 1 aromatic heterocycles. The van der Waals surface area contributed by atoms with E-state index < -0.39 is 0 Å². The predicted octanol–water partition coefficient (Wildman–Crippen LogP) is 4.48. The zero-order chi connectivity index (χ0) is 18.7. The number of carbonyl (C=O) groups is 1. The lowest BCUT2D eigenvalue weighted by molar-refractivity contribution is -0.113. The first-order chi connectivity index (χ1) is 12.4. The van der Waals surface area contributed by atoms with Gasteiger partial charge in [0, 0.05) is 23.3 Å². The molecule has 134 valence electrons. The molecule has 0 unspecified atom stereocenters. The van der Waals surface area contributed by atoms with Gasteiger partial charge in [0.1, 0.15) is 0 Å². The van der Waals surface area contributed by atoms with Crippen LogP contribution in [0.2, 0.25) is 5.02 Å². The lowest BCUT2D eigenvalue weighted by Crippen LogP contribution is -2.15. The summed E-state index contributed by atoms with van der Waals surface area (Å²) in [6, 6.07) is 13.4. The van der Waals surface area contributed by atoms with Crippen molar-refractivity contribution in [1.29, 1.82) is 0 Å². The van der Waals surface area contributed by atoms with Gasteiger partial charge < -0.3 is 9.88 Å². The Morgan fingerprint density at radius 2 is 1.88 bits per heavy atom. The van der Waals surface area contributed by atoms with Gasteiger partial charge in [-0.15, -0.1) is 10.2 Å². The van der Waals surface area contributed by atoms with E-state index in [1.165, 1.54) is 11.8 Å². The molecule has 5 nitrogen and oxygen atoms in total. The second-order valence-electron chi connectivity index (χ2n) is 6.03. The number of halogens is 1. The highest BCUT2D eigenvalue weighted by Gasteiger charge is 2.13. The van der Waals surface area contributed by atoms with Gasteiger partial charge in [-0.2, -0.15) is 0 Å². The van der Waals surface area contributed by atoms with Gasteiger partial charge >= 0.3 is 0 Å². The van der Waals surface area contributed by atoms with Crippen LogP contribution in [0.25, 0.3) is 11.4 Å². The van der Waals surface area contributed by atoms with Crippen LogP contribution in [0.15, 0.2) is 47.6 Å². The van der Waals surface area contributed by atoms with Gasteiger partial charge in [0.25, 0.3) is 0 Å². The standard InChI is InChI=1S/C19H19ClN4OS/c1-12-4-5-13(2)16(10-12)21-17(25)11-26-19-23-22-18(24(19)3)14-6-8-15(20)9-7-14/h4-10H,11H2,1-3H3,(H,21,25). The Kier molecular flexibility index (Phi) is 5.64. The van der Waals surface area contributed by atoms with Crippen LogP contribution >= 0.6 is 23.4 Å². The Morgan fingerprint density at radius 3 is 2.62 bits per heavy atom. The first-order valence-corrected chi connectivity index (χ1v) is 9.45. The molecule has 0 fully saturated rings. The molecule has 1 N–H and O–H groups in total. The van der Waals surface area contributed by atoms with Crippen LogP contribution in [-0.2, 0) is 11.8 Å². The monoisotopic (exact) mass is 386 g/mol. The third kappa shape index (κ3) is 4.26. The van der Waals surface area contributed by atoms with Gasteiger partial charge in [-0.25, -0.2) is 0 Å². The van der Waals surface area contributed by atoms with Crippen molar-refractivity contribution in [3.05, 3.63) is 58.6 Å². The number of hydrogen-bond acceptors (Lipinski definition) is 4. The van der Waals surface area contributed by atoms with E-state index >= 15 is 0 Å². The van der Waals surface area contributed by atoms with Gasteiger partial charge in [0.05, 0.1) is 5.75 Å². The minimum atomic E-state index is -0.0697. The normalized spacial score (nSPS) is 10.8. The fourth-order valence-electron chi connectivity index (χ4n) is 2.48. The number of thioether (sulfide) groups is 1. The summed E-state index contributed by atoms with van der Waals surface area (Å²) in [7, 11) is 1.88. The Morgan fingerprint density at radius 1 is 1.15 bits per heavy atom.